The van der Waals surface area contributed by atoms with E-state index in [-0.39, 0.29) is 12.0 Å². The summed E-state index contributed by atoms with van der Waals surface area (Å²) in [7, 11) is 0. The molecule has 0 saturated heterocycles. The number of hydrogen-bond donors (Lipinski definition) is 2. The third-order valence-corrected chi connectivity index (χ3v) is 3.04. The second kappa shape index (κ2) is 6.43. The molecule has 1 amide bonds. The highest BCUT2D eigenvalue weighted by molar-refractivity contribution is 5.94. The van der Waals surface area contributed by atoms with E-state index in [1.54, 1.807) is 18.2 Å². The van der Waals surface area contributed by atoms with Crippen molar-refractivity contribution >= 4 is 5.91 Å². The number of hydrogen-bond acceptors (Lipinski definition) is 4. The lowest BCUT2D eigenvalue weighted by molar-refractivity contribution is 0.0940. The van der Waals surface area contributed by atoms with Gasteiger partial charge in [0.1, 0.15) is 13.2 Å². The average Bonchev–Trinajstić information content (AvgIpc) is 2.46. The van der Waals surface area contributed by atoms with Crippen molar-refractivity contribution in [3.63, 3.8) is 0 Å². The number of ether oxygens (including phenoxy) is 2. The molecule has 2 N–H and O–H groups in total. The van der Waals surface area contributed by atoms with Crippen molar-refractivity contribution in [1.29, 1.82) is 0 Å². The molecule has 0 bridgehead atoms. The standard InChI is InChI=1S/C14H19NO4/c1-2-11(16)5-6-15-14(17)10-3-4-12-13(9-10)19-8-7-18-12/h3-4,9,11,16H,2,5-8H2,1H3,(H,15,17). The third-order valence-electron chi connectivity index (χ3n) is 3.04. The van der Waals surface area contributed by atoms with E-state index in [1.807, 2.05) is 6.92 Å². The Morgan fingerprint density at radius 2 is 2.11 bits per heavy atom. The van der Waals surface area contributed by atoms with Gasteiger partial charge in [-0.3, -0.25) is 4.79 Å². The van der Waals surface area contributed by atoms with Crippen molar-refractivity contribution in [2.75, 3.05) is 19.8 Å². The van der Waals surface area contributed by atoms with Gasteiger partial charge in [0.25, 0.3) is 5.91 Å². The molecule has 0 aliphatic carbocycles. The number of nitrogens with one attached hydrogen (secondary N) is 1. The smallest absolute Gasteiger partial charge is 0.251 e. The van der Waals surface area contributed by atoms with Gasteiger partial charge in [0, 0.05) is 12.1 Å². The summed E-state index contributed by atoms with van der Waals surface area (Å²) in [6.45, 7) is 3.41. The summed E-state index contributed by atoms with van der Waals surface area (Å²) in [5.41, 5.74) is 0.537. The first-order chi connectivity index (χ1) is 9.20. The molecule has 1 heterocycles. The molecule has 0 saturated carbocycles. The number of benzene rings is 1. The number of carbonyl (C=O) groups is 1. The van der Waals surface area contributed by atoms with Crippen molar-refractivity contribution in [2.45, 2.75) is 25.9 Å². The monoisotopic (exact) mass is 265 g/mol. The van der Waals surface area contributed by atoms with E-state index in [9.17, 15) is 9.90 Å². The lowest BCUT2D eigenvalue weighted by Crippen LogP contribution is -2.27. The van der Waals surface area contributed by atoms with E-state index < -0.39 is 0 Å². The van der Waals surface area contributed by atoms with Gasteiger partial charge in [-0.05, 0) is 31.0 Å². The summed E-state index contributed by atoms with van der Waals surface area (Å²) in [6, 6.07) is 5.13. The molecule has 0 fully saturated rings. The fourth-order valence-corrected chi connectivity index (χ4v) is 1.84. The molecule has 19 heavy (non-hydrogen) atoms. The van der Waals surface area contributed by atoms with Crippen LogP contribution in [0.3, 0.4) is 0 Å². The molecule has 1 aliphatic rings. The summed E-state index contributed by atoms with van der Waals surface area (Å²) in [6.07, 6.45) is 0.896. The van der Waals surface area contributed by atoms with E-state index in [2.05, 4.69) is 5.32 Å². The maximum absolute atomic E-state index is 11.9. The fraction of sp³-hybridized carbons (Fsp3) is 0.500. The predicted molar refractivity (Wildman–Crippen MR) is 70.7 cm³/mol. The summed E-state index contributed by atoms with van der Waals surface area (Å²) < 4.78 is 10.8. The molecule has 104 valence electrons. The zero-order chi connectivity index (χ0) is 13.7. The molecule has 2 rings (SSSR count). The first-order valence-corrected chi connectivity index (χ1v) is 6.56. The number of aliphatic hydroxyl groups is 1. The topological polar surface area (TPSA) is 67.8 Å². The minimum Gasteiger partial charge on any atom is -0.486 e. The zero-order valence-electron chi connectivity index (χ0n) is 11.0. The Bertz CT molecular complexity index is 447. The average molecular weight is 265 g/mol. The molecule has 5 nitrogen and oxygen atoms in total. The highest BCUT2D eigenvalue weighted by Gasteiger charge is 2.14. The van der Waals surface area contributed by atoms with E-state index in [0.29, 0.717) is 49.7 Å². The summed E-state index contributed by atoms with van der Waals surface area (Å²) in [4.78, 5) is 11.9. The molecule has 0 spiro atoms. The Labute approximate surface area is 112 Å². The minimum atomic E-state index is -0.361. The van der Waals surface area contributed by atoms with Gasteiger partial charge in [-0.2, -0.15) is 0 Å². The maximum atomic E-state index is 11.9. The van der Waals surface area contributed by atoms with Crippen LogP contribution in [0.4, 0.5) is 0 Å². The van der Waals surface area contributed by atoms with Crippen LogP contribution in [-0.4, -0.2) is 36.9 Å². The van der Waals surface area contributed by atoms with Gasteiger partial charge in [0.15, 0.2) is 11.5 Å². The molecule has 1 aromatic rings. The molecule has 0 aromatic heterocycles. The first kappa shape index (κ1) is 13.7. The lowest BCUT2D eigenvalue weighted by Gasteiger charge is -2.18. The van der Waals surface area contributed by atoms with Crippen molar-refractivity contribution in [3.8, 4) is 11.5 Å². The molecular weight excluding hydrogens is 246 g/mol. The van der Waals surface area contributed by atoms with Gasteiger partial charge >= 0.3 is 0 Å². The normalized spacial score (nSPS) is 14.8. The number of rotatable bonds is 5. The Kier molecular flexibility index (Phi) is 4.63. The molecule has 1 aromatic carbocycles. The minimum absolute atomic E-state index is 0.166. The van der Waals surface area contributed by atoms with Crippen LogP contribution in [0.5, 0.6) is 11.5 Å². The molecule has 1 unspecified atom stereocenters. The van der Waals surface area contributed by atoms with Crippen molar-refractivity contribution in [3.05, 3.63) is 23.8 Å². The summed E-state index contributed by atoms with van der Waals surface area (Å²) >= 11 is 0. The highest BCUT2D eigenvalue weighted by Crippen LogP contribution is 2.30. The van der Waals surface area contributed by atoms with Crippen LogP contribution in [-0.2, 0) is 0 Å². The predicted octanol–water partition coefficient (Wildman–Crippen LogP) is 1.35. The van der Waals surface area contributed by atoms with Crippen LogP contribution in [0.15, 0.2) is 18.2 Å². The van der Waals surface area contributed by atoms with Crippen molar-refractivity contribution in [1.82, 2.24) is 5.32 Å². The van der Waals surface area contributed by atoms with Crippen molar-refractivity contribution in [2.24, 2.45) is 0 Å². The molecule has 0 radical (unpaired) electrons. The number of aliphatic hydroxyl groups excluding tert-OH is 1. The van der Waals surface area contributed by atoms with Crippen LogP contribution in [0, 0.1) is 0 Å². The zero-order valence-corrected chi connectivity index (χ0v) is 11.0. The van der Waals surface area contributed by atoms with Crippen LogP contribution in [0.25, 0.3) is 0 Å². The SMILES string of the molecule is CCC(O)CCNC(=O)c1ccc2c(c1)OCCO2. The fourth-order valence-electron chi connectivity index (χ4n) is 1.84. The molecule has 5 heteroatoms. The van der Waals surface area contributed by atoms with Gasteiger partial charge in [-0.1, -0.05) is 6.92 Å². The van der Waals surface area contributed by atoms with Crippen molar-refractivity contribution < 1.29 is 19.4 Å². The maximum Gasteiger partial charge on any atom is 0.251 e. The van der Waals surface area contributed by atoms with E-state index in [1.165, 1.54) is 0 Å². The van der Waals surface area contributed by atoms with Crippen LogP contribution >= 0.6 is 0 Å². The lowest BCUT2D eigenvalue weighted by atomic mass is 10.1. The quantitative estimate of drug-likeness (QED) is 0.843. The Hall–Kier alpha value is -1.75. The van der Waals surface area contributed by atoms with Gasteiger partial charge in [0.2, 0.25) is 0 Å². The van der Waals surface area contributed by atoms with E-state index in [0.717, 1.165) is 0 Å². The first-order valence-electron chi connectivity index (χ1n) is 6.56. The van der Waals surface area contributed by atoms with E-state index >= 15 is 0 Å². The van der Waals surface area contributed by atoms with Crippen LogP contribution in [0.1, 0.15) is 30.1 Å². The van der Waals surface area contributed by atoms with Gasteiger partial charge in [-0.15, -0.1) is 0 Å². The van der Waals surface area contributed by atoms with E-state index in [4.69, 9.17) is 9.47 Å². The second-order valence-corrected chi connectivity index (χ2v) is 4.47. The molecule has 1 aliphatic heterocycles. The highest BCUT2D eigenvalue weighted by atomic mass is 16.6. The Morgan fingerprint density at radius 3 is 2.84 bits per heavy atom. The third kappa shape index (κ3) is 3.61. The summed E-state index contributed by atoms with van der Waals surface area (Å²) in [5.74, 6) is 1.11. The van der Waals surface area contributed by atoms with Crippen LogP contribution < -0.4 is 14.8 Å². The van der Waals surface area contributed by atoms with Gasteiger partial charge < -0.3 is 19.9 Å². The molecular formula is C14H19NO4. The number of carbonyl (C=O) groups excluding carboxylic acids is 1. The molecule has 1 atom stereocenters. The largest absolute Gasteiger partial charge is 0.486 e. The Morgan fingerprint density at radius 1 is 1.37 bits per heavy atom. The second-order valence-electron chi connectivity index (χ2n) is 4.47. The van der Waals surface area contributed by atoms with Gasteiger partial charge in [-0.25, -0.2) is 0 Å². The Balaban J connectivity index is 1.92. The number of amides is 1. The summed E-state index contributed by atoms with van der Waals surface area (Å²) in [5, 5.41) is 12.2. The van der Waals surface area contributed by atoms with Gasteiger partial charge in [0.05, 0.1) is 6.10 Å². The number of fused-ring (bicyclic) bond motifs is 1. The van der Waals surface area contributed by atoms with Crippen LogP contribution in [0.2, 0.25) is 0 Å².